The van der Waals surface area contributed by atoms with E-state index in [0.717, 1.165) is 30.5 Å². The standard InChI is InChI=1S/C25H29N3O4/c1-16(24(30)27-22-9-5-7-17-6-3-4-8-21(17)22)26-25(31)18-14-23(29)28(15-18)19-10-12-20(32-2)13-11-19/h3-4,6,8,10-13,16,18,22H,5,7,9,14-15H2,1-2H3,(H,26,31)(H,27,30)/t16-,18-,22-/m0/s1. The van der Waals surface area contributed by atoms with Gasteiger partial charge in [-0.1, -0.05) is 24.3 Å². The van der Waals surface area contributed by atoms with Crippen LogP contribution in [0.3, 0.4) is 0 Å². The summed E-state index contributed by atoms with van der Waals surface area (Å²) < 4.78 is 5.15. The fraction of sp³-hybridized carbons (Fsp3) is 0.400. The second kappa shape index (κ2) is 9.42. The first-order valence-electron chi connectivity index (χ1n) is 11.1. The van der Waals surface area contributed by atoms with E-state index in [0.29, 0.717) is 12.3 Å². The van der Waals surface area contributed by atoms with Gasteiger partial charge in [0.15, 0.2) is 0 Å². The van der Waals surface area contributed by atoms with Crippen molar-refractivity contribution in [1.29, 1.82) is 0 Å². The van der Waals surface area contributed by atoms with E-state index in [1.807, 2.05) is 12.1 Å². The summed E-state index contributed by atoms with van der Waals surface area (Å²) in [6.45, 7) is 1.97. The van der Waals surface area contributed by atoms with Crippen LogP contribution in [0.15, 0.2) is 48.5 Å². The number of aryl methyl sites for hydroxylation is 1. The molecule has 168 valence electrons. The molecule has 0 unspecified atom stereocenters. The van der Waals surface area contributed by atoms with Gasteiger partial charge in [-0.25, -0.2) is 0 Å². The van der Waals surface area contributed by atoms with Crippen LogP contribution in [0.5, 0.6) is 5.75 Å². The number of fused-ring (bicyclic) bond motifs is 1. The number of benzene rings is 2. The molecule has 7 nitrogen and oxygen atoms in total. The predicted octanol–water partition coefficient (Wildman–Crippen LogP) is 2.75. The number of nitrogens with one attached hydrogen (secondary N) is 2. The summed E-state index contributed by atoms with van der Waals surface area (Å²) in [5, 5.41) is 5.88. The van der Waals surface area contributed by atoms with Gasteiger partial charge in [-0.15, -0.1) is 0 Å². The molecule has 7 heteroatoms. The van der Waals surface area contributed by atoms with Crippen LogP contribution in [-0.2, 0) is 20.8 Å². The lowest BCUT2D eigenvalue weighted by molar-refractivity contribution is -0.131. The molecule has 32 heavy (non-hydrogen) atoms. The van der Waals surface area contributed by atoms with Crippen LogP contribution in [0, 0.1) is 5.92 Å². The second-order valence-corrected chi connectivity index (χ2v) is 8.49. The van der Waals surface area contributed by atoms with Crippen LogP contribution < -0.4 is 20.3 Å². The fourth-order valence-corrected chi connectivity index (χ4v) is 4.49. The van der Waals surface area contributed by atoms with Crippen molar-refractivity contribution in [2.45, 2.75) is 44.7 Å². The van der Waals surface area contributed by atoms with Crippen molar-refractivity contribution in [3.63, 3.8) is 0 Å². The van der Waals surface area contributed by atoms with Crippen molar-refractivity contribution < 1.29 is 19.1 Å². The molecule has 1 aliphatic heterocycles. The maximum atomic E-state index is 12.8. The highest BCUT2D eigenvalue weighted by Gasteiger charge is 2.36. The van der Waals surface area contributed by atoms with Gasteiger partial charge in [-0.05, 0) is 61.6 Å². The summed E-state index contributed by atoms with van der Waals surface area (Å²) in [6.07, 6.45) is 3.06. The van der Waals surface area contributed by atoms with Gasteiger partial charge >= 0.3 is 0 Å². The average Bonchev–Trinajstić information content (AvgIpc) is 3.21. The number of carbonyl (C=O) groups excluding carboxylic acids is 3. The molecule has 0 aromatic heterocycles. The smallest absolute Gasteiger partial charge is 0.242 e. The first kappa shape index (κ1) is 21.9. The summed E-state index contributed by atoms with van der Waals surface area (Å²) in [4.78, 5) is 39.6. The molecule has 3 atom stereocenters. The number of nitrogens with zero attached hydrogens (tertiary/aromatic N) is 1. The van der Waals surface area contributed by atoms with E-state index < -0.39 is 12.0 Å². The first-order valence-corrected chi connectivity index (χ1v) is 11.1. The summed E-state index contributed by atoms with van der Waals surface area (Å²) >= 11 is 0. The van der Waals surface area contributed by atoms with Crippen molar-refractivity contribution >= 4 is 23.4 Å². The molecule has 1 saturated heterocycles. The van der Waals surface area contributed by atoms with Crippen LogP contribution in [0.1, 0.15) is 43.4 Å². The minimum absolute atomic E-state index is 0.0366. The van der Waals surface area contributed by atoms with Gasteiger partial charge < -0.3 is 20.3 Å². The Morgan fingerprint density at radius 3 is 2.62 bits per heavy atom. The first-order chi connectivity index (χ1) is 15.5. The molecule has 0 bridgehead atoms. The van der Waals surface area contributed by atoms with Gasteiger partial charge in [0.1, 0.15) is 11.8 Å². The largest absolute Gasteiger partial charge is 0.497 e. The molecule has 3 amide bonds. The van der Waals surface area contributed by atoms with Crippen LogP contribution in [-0.4, -0.2) is 37.4 Å². The average molecular weight is 436 g/mol. The van der Waals surface area contributed by atoms with Crippen molar-refractivity contribution in [3.8, 4) is 5.75 Å². The third-order valence-electron chi connectivity index (χ3n) is 6.32. The lowest BCUT2D eigenvalue weighted by Crippen LogP contribution is -2.48. The van der Waals surface area contributed by atoms with Gasteiger partial charge in [0, 0.05) is 18.7 Å². The molecule has 0 saturated carbocycles. The monoisotopic (exact) mass is 435 g/mol. The zero-order valence-corrected chi connectivity index (χ0v) is 18.5. The quantitative estimate of drug-likeness (QED) is 0.730. The Morgan fingerprint density at radius 1 is 1.12 bits per heavy atom. The van der Waals surface area contributed by atoms with E-state index in [9.17, 15) is 14.4 Å². The van der Waals surface area contributed by atoms with Crippen LogP contribution in [0.25, 0.3) is 0 Å². The normalized spacial score (nSPS) is 20.9. The molecule has 2 aromatic rings. The lowest BCUT2D eigenvalue weighted by Gasteiger charge is -2.28. The van der Waals surface area contributed by atoms with Gasteiger partial charge in [0.2, 0.25) is 17.7 Å². The maximum Gasteiger partial charge on any atom is 0.242 e. The minimum atomic E-state index is -0.679. The van der Waals surface area contributed by atoms with Crippen LogP contribution >= 0.6 is 0 Å². The Bertz CT molecular complexity index is 1000. The SMILES string of the molecule is COc1ccc(N2C[C@@H](C(=O)N[C@@H](C)C(=O)N[C@H]3CCCc4ccccc43)CC2=O)cc1. The molecule has 1 heterocycles. The summed E-state index contributed by atoms with van der Waals surface area (Å²) in [6, 6.07) is 14.6. The third-order valence-corrected chi connectivity index (χ3v) is 6.32. The third kappa shape index (κ3) is 4.61. The molecule has 2 aliphatic rings. The van der Waals surface area contributed by atoms with Crippen LogP contribution in [0.4, 0.5) is 5.69 Å². The highest BCUT2D eigenvalue weighted by atomic mass is 16.5. The molecule has 2 aromatic carbocycles. The number of amides is 3. The summed E-state index contributed by atoms with van der Waals surface area (Å²) in [7, 11) is 1.58. The Kier molecular flexibility index (Phi) is 6.44. The maximum absolute atomic E-state index is 12.8. The molecular weight excluding hydrogens is 406 g/mol. The highest BCUT2D eigenvalue weighted by Crippen LogP contribution is 2.30. The lowest BCUT2D eigenvalue weighted by atomic mass is 9.87. The van der Waals surface area contributed by atoms with E-state index in [1.165, 1.54) is 5.56 Å². The van der Waals surface area contributed by atoms with Gasteiger partial charge in [-0.3, -0.25) is 14.4 Å². The molecule has 0 spiro atoms. The molecule has 1 aliphatic carbocycles. The van der Waals surface area contributed by atoms with Crippen molar-refractivity contribution in [2.24, 2.45) is 5.92 Å². The van der Waals surface area contributed by atoms with Crippen molar-refractivity contribution in [2.75, 3.05) is 18.6 Å². The zero-order valence-electron chi connectivity index (χ0n) is 18.5. The Labute approximate surface area is 188 Å². The number of carbonyl (C=O) groups is 3. The number of hydrogen-bond acceptors (Lipinski definition) is 4. The fourth-order valence-electron chi connectivity index (χ4n) is 4.49. The van der Waals surface area contributed by atoms with Gasteiger partial charge in [0.05, 0.1) is 19.1 Å². The number of rotatable bonds is 6. The number of ether oxygens (including phenoxy) is 1. The number of methoxy groups -OCH3 is 1. The number of hydrogen-bond donors (Lipinski definition) is 2. The molecule has 0 radical (unpaired) electrons. The van der Waals surface area contributed by atoms with E-state index >= 15 is 0 Å². The van der Waals surface area contributed by atoms with E-state index in [2.05, 4.69) is 22.8 Å². The summed E-state index contributed by atoms with van der Waals surface area (Å²) in [5.41, 5.74) is 3.15. The Balaban J connectivity index is 1.33. The Morgan fingerprint density at radius 2 is 1.88 bits per heavy atom. The van der Waals surface area contributed by atoms with Crippen LogP contribution in [0.2, 0.25) is 0 Å². The topological polar surface area (TPSA) is 87.7 Å². The molecule has 4 rings (SSSR count). The second-order valence-electron chi connectivity index (χ2n) is 8.49. The van der Waals surface area contributed by atoms with E-state index in [-0.39, 0.29) is 30.2 Å². The summed E-state index contributed by atoms with van der Waals surface area (Å²) in [5.74, 6) is -0.381. The van der Waals surface area contributed by atoms with Crippen molar-refractivity contribution in [1.82, 2.24) is 10.6 Å². The Hall–Kier alpha value is -3.35. The minimum Gasteiger partial charge on any atom is -0.497 e. The molecular formula is C25H29N3O4. The molecule has 1 fully saturated rings. The van der Waals surface area contributed by atoms with Gasteiger partial charge in [-0.2, -0.15) is 0 Å². The van der Waals surface area contributed by atoms with Gasteiger partial charge in [0.25, 0.3) is 0 Å². The molecule has 2 N–H and O–H groups in total. The van der Waals surface area contributed by atoms with E-state index in [1.54, 1.807) is 43.2 Å². The number of anilines is 1. The highest BCUT2D eigenvalue weighted by molar-refractivity contribution is 6.01. The van der Waals surface area contributed by atoms with E-state index in [4.69, 9.17) is 4.74 Å². The van der Waals surface area contributed by atoms with Crippen molar-refractivity contribution in [3.05, 3.63) is 59.7 Å². The predicted molar refractivity (Wildman–Crippen MR) is 121 cm³/mol. The zero-order chi connectivity index (χ0) is 22.7.